The number of carbonyl (C=O) groups is 1. The third-order valence-corrected chi connectivity index (χ3v) is 6.02. The largest absolute Gasteiger partial charge is 0.481 e. The lowest BCUT2D eigenvalue weighted by atomic mass is 9.93. The molecular weight excluding hydrogens is 340 g/mol. The molecule has 0 saturated carbocycles. The predicted octanol–water partition coefficient (Wildman–Crippen LogP) is 3.65. The van der Waals surface area contributed by atoms with Crippen molar-refractivity contribution in [2.24, 2.45) is 0 Å². The Hall–Kier alpha value is -2.86. The molecule has 0 aliphatic carbocycles. The fourth-order valence-corrected chi connectivity index (χ4v) is 4.35. The average Bonchev–Trinajstić information content (AvgIpc) is 2.58. The number of benzene rings is 2. The summed E-state index contributed by atoms with van der Waals surface area (Å²) < 4.78 is 29.2. The number of sulfone groups is 1. The van der Waals surface area contributed by atoms with Gasteiger partial charge in [-0.05, 0) is 29.8 Å². The third-order valence-electron chi connectivity index (χ3n) is 3.98. The number of carboxylic acids is 1. The average molecular weight is 356 g/mol. The van der Waals surface area contributed by atoms with Gasteiger partial charge in [0.05, 0.1) is 6.42 Å². The minimum absolute atomic E-state index is 0.385. The maximum Gasteiger partial charge on any atom is 0.305 e. The lowest BCUT2D eigenvalue weighted by Gasteiger charge is -2.29. The van der Waals surface area contributed by atoms with Crippen LogP contribution in [0.4, 0.5) is 0 Å². The number of para-hydroxylation sites is 1. The lowest BCUT2D eigenvalue weighted by Crippen LogP contribution is -2.36. The second kappa shape index (κ2) is 6.57. The second-order valence-corrected chi connectivity index (χ2v) is 7.72. The summed E-state index contributed by atoms with van der Waals surface area (Å²) in [6, 6.07) is 15.6. The molecule has 1 unspecified atom stereocenters. The molecule has 1 atom stereocenters. The molecule has 0 fully saturated rings. The lowest BCUT2D eigenvalue weighted by molar-refractivity contribution is -0.137. The summed E-state index contributed by atoms with van der Waals surface area (Å²) in [6.45, 7) is 0. The topological polar surface area (TPSA) is 80.7 Å². The van der Waals surface area contributed by atoms with E-state index in [9.17, 15) is 18.3 Å². The van der Waals surface area contributed by atoms with Crippen molar-refractivity contribution < 1.29 is 23.1 Å². The molecule has 0 bridgehead atoms. The van der Waals surface area contributed by atoms with Crippen molar-refractivity contribution in [1.82, 2.24) is 0 Å². The summed E-state index contributed by atoms with van der Waals surface area (Å²) in [6.07, 6.45) is 3.82. The van der Waals surface area contributed by atoms with E-state index < -0.39 is 27.0 Å². The fourth-order valence-electron chi connectivity index (χ4n) is 2.75. The number of carboxylic acid groups (broad SMARTS) is 1. The third kappa shape index (κ3) is 3.34. The molecule has 0 radical (unpaired) electrons. The highest BCUT2D eigenvalue weighted by Gasteiger charge is 2.44. The molecule has 0 saturated heterocycles. The molecule has 0 spiro atoms. The minimum atomic E-state index is -3.79. The van der Waals surface area contributed by atoms with Crippen LogP contribution in [-0.4, -0.2) is 19.5 Å². The van der Waals surface area contributed by atoms with Crippen molar-refractivity contribution in [3.63, 3.8) is 0 Å². The number of allylic oxidation sites excluding steroid dienone is 2. The Morgan fingerprint density at radius 1 is 0.960 bits per heavy atom. The molecule has 3 rings (SSSR count). The molecule has 1 aliphatic heterocycles. The van der Waals surface area contributed by atoms with E-state index in [0.29, 0.717) is 17.1 Å². The summed E-state index contributed by atoms with van der Waals surface area (Å²) in [4.78, 5) is 11.3. The fraction of sp³-hybridized carbons (Fsp3) is 0.105. The zero-order chi connectivity index (χ0) is 17.9. The smallest absolute Gasteiger partial charge is 0.305 e. The number of aliphatic carboxylic acids is 1. The van der Waals surface area contributed by atoms with E-state index in [2.05, 4.69) is 0 Å². The van der Waals surface area contributed by atoms with Crippen molar-refractivity contribution >= 4 is 15.8 Å². The van der Waals surface area contributed by atoms with Gasteiger partial charge in [0.15, 0.2) is 9.84 Å². The summed E-state index contributed by atoms with van der Waals surface area (Å²) >= 11 is 0. The zero-order valence-electron chi connectivity index (χ0n) is 13.2. The van der Waals surface area contributed by atoms with Crippen LogP contribution in [0.2, 0.25) is 0 Å². The molecule has 0 amide bonds. The highest BCUT2D eigenvalue weighted by Crippen LogP contribution is 2.40. The van der Waals surface area contributed by atoms with Gasteiger partial charge in [-0.1, -0.05) is 48.6 Å². The molecular formula is C19H16O5S. The van der Waals surface area contributed by atoms with Crippen LogP contribution in [-0.2, 0) is 19.4 Å². The molecule has 1 aliphatic rings. The quantitative estimate of drug-likeness (QED) is 0.884. The first-order valence-electron chi connectivity index (χ1n) is 7.59. The predicted molar refractivity (Wildman–Crippen MR) is 94.1 cm³/mol. The van der Waals surface area contributed by atoms with E-state index >= 15 is 0 Å². The number of hydrogen-bond donors (Lipinski definition) is 1. The number of hydrogen-bond acceptors (Lipinski definition) is 4. The summed E-state index contributed by atoms with van der Waals surface area (Å²) in [5, 5.41) is 10.3. The van der Waals surface area contributed by atoms with Gasteiger partial charge >= 0.3 is 5.97 Å². The van der Waals surface area contributed by atoms with E-state index in [4.69, 9.17) is 4.74 Å². The Morgan fingerprint density at radius 2 is 1.60 bits per heavy atom. The molecule has 2 aromatic rings. The maximum atomic E-state index is 12.6. The van der Waals surface area contributed by atoms with Crippen LogP contribution in [0.1, 0.15) is 12.0 Å². The van der Waals surface area contributed by atoms with Gasteiger partial charge in [0, 0.05) is 5.41 Å². The van der Waals surface area contributed by atoms with Crippen molar-refractivity contribution in [1.29, 1.82) is 0 Å². The van der Waals surface area contributed by atoms with E-state index in [1.807, 2.05) is 18.2 Å². The van der Waals surface area contributed by atoms with Crippen molar-refractivity contribution in [3.8, 4) is 11.5 Å². The van der Waals surface area contributed by atoms with Crippen LogP contribution in [0, 0.1) is 0 Å². The van der Waals surface area contributed by atoms with Gasteiger partial charge in [-0.3, -0.25) is 4.79 Å². The van der Waals surface area contributed by atoms with Crippen molar-refractivity contribution in [2.45, 2.75) is 11.2 Å². The van der Waals surface area contributed by atoms with E-state index in [-0.39, 0.29) is 0 Å². The Labute approximate surface area is 145 Å². The van der Waals surface area contributed by atoms with Gasteiger partial charge in [0.25, 0.3) is 0 Å². The molecule has 2 aromatic carbocycles. The molecule has 0 aromatic heterocycles. The van der Waals surface area contributed by atoms with E-state index in [1.54, 1.807) is 42.5 Å². The van der Waals surface area contributed by atoms with Crippen molar-refractivity contribution in [3.05, 3.63) is 83.8 Å². The Kier molecular flexibility index (Phi) is 4.46. The Bertz CT molecular complexity index is 928. The van der Waals surface area contributed by atoms with Gasteiger partial charge in [-0.25, -0.2) is 8.42 Å². The Morgan fingerprint density at radius 3 is 2.20 bits per heavy atom. The highest BCUT2D eigenvalue weighted by molar-refractivity contribution is 7.95. The van der Waals surface area contributed by atoms with Crippen molar-refractivity contribution in [2.75, 3.05) is 0 Å². The summed E-state index contributed by atoms with van der Waals surface area (Å²) in [7, 11) is -3.79. The normalized spacial score (nSPS) is 21.0. The number of ether oxygens (including phenoxy) is 1. The van der Waals surface area contributed by atoms with Crippen LogP contribution in [0.15, 0.2) is 78.2 Å². The number of rotatable bonds is 5. The minimum Gasteiger partial charge on any atom is -0.481 e. The molecule has 128 valence electrons. The molecule has 1 heterocycles. The maximum absolute atomic E-state index is 12.6. The van der Waals surface area contributed by atoms with E-state index in [0.717, 1.165) is 5.41 Å². The summed E-state index contributed by atoms with van der Waals surface area (Å²) in [5.74, 6) is 0.00454. The van der Waals surface area contributed by atoms with Crippen LogP contribution < -0.4 is 4.74 Å². The first kappa shape index (κ1) is 17.0. The standard InChI is InChI=1S/C19H16O5S/c20-18(21)14-19(12-4-5-13-25(19,22)23)15-8-10-17(11-9-15)24-16-6-2-1-3-7-16/h1-13H,14H2,(H,20,21). The molecule has 6 heteroatoms. The van der Waals surface area contributed by atoms with Crippen LogP contribution >= 0.6 is 0 Å². The van der Waals surface area contributed by atoms with E-state index in [1.165, 1.54) is 12.2 Å². The van der Waals surface area contributed by atoms with Gasteiger partial charge < -0.3 is 9.84 Å². The van der Waals surface area contributed by atoms with Crippen LogP contribution in [0.25, 0.3) is 0 Å². The van der Waals surface area contributed by atoms with Crippen LogP contribution in [0.5, 0.6) is 11.5 Å². The Balaban J connectivity index is 1.97. The SMILES string of the molecule is O=C(O)CC1(c2ccc(Oc3ccccc3)cc2)C=CC=CS1(=O)=O. The first-order valence-corrected chi connectivity index (χ1v) is 9.13. The van der Waals surface area contributed by atoms with Crippen LogP contribution in [0.3, 0.4) is 0 Å². The molecule has 1 N–H and O–H groups in total. The summed E-state index contributed by atoms with van der Waals surface area (Å²) in [5.41, 5.74) is 0.385. The van der Waals surface area contributed by atoms with Gasteiger partial charge in [-0.2, -0.15) is 0 Å². The van der Waals surface area contributed by atoms with Gasteiger partial charge in [0.1, 0.15) is 16.2 Å². The molecule has 25 heavy (non-hydrogen) atoms. The second-order valence-electron chi connectivity index (χ2n) is 5.63. The molecule has 5 nitrogen and oxygen atoms in total. The van der Waals surface area contributed by atoms with Gasteiger partial charge in [-0.15, -0.1) is 0 Å². The monoisotopic (exact) mass is 356 g/mol. The van der Waals surface area contributed by atoms with Gasteiger partial charge in [0.2, 0.25) is 0 Å². The zero-order valence-corrected chi connectivity index (χ0v) is 14.0. The highest BCUT2D eigenvalue weighted by atomic mass is 32.2. The first-order chi connectivity index (χ1) is 11.9.